The normalized spacial score (nSPS) is 18.0. The number of rotatable bonds is 7. The molecule has 0 aliphatic heterocycles. The summed E-state index contributed by atoms with van der Waals surface area (Å²) in [6.07, 6.45) is 8.99. The minimum absolute atomic E-state index is 0.0413. The zero-order valence-electron chi connectivity index (χ0n) is 16.2. The van der Waals surface area contributed by atoms with Crippen LogP contribution in [0, 0.1) is 12.8 Å². The van der Waals surface area contributed by atoms with Gasteiger partial charge in [0.1, 0.15) is 0 Å². The maximum absolute atomic E-state index is 12.7. The number of amides is 1. The molecule has 1 aliphatic carbocycles. The number of aliphatic imine (C=N–C) groups is 1. The summed E-state index contributed by atoms with van der Waals surface area (Å²) in [4.78, 5) is 18.8. The monoisotopic (exact) mass is 376 g/mol. The molecule has 0 saturated heterocycles. The molecule has 0 aromatic carbocycles. The second-order valence-corrected chi connectivity index (χ2v) is 8.40. The van der Waals surface area contributed by atoms with E-state index in [0.717, 1.165) is 28.1 Å². The van der Waals surface area contributed by atoms with Crippen molar-refractivity contribution in [3.8, 4) is 0 Å². The van der Waals surface area contributed by atoms with Gasteiger partial charge in [0.15, 0.2) is 0 Å². The number of aryl methyl sites for hydroxylation is 1. The van der Waals surface area contributed by atoms with Crippen molar-refractivity contribution in [3.05, 3.63) is 33.2 Å². The fourth-order valence-corrected chi connectivity index (χ4v) is 4.64. The van der Waals surface area contributed by atoms with Crippen LogP contribution in [0.1, 0.15) is 65.6 Å². The Labute approximate surface area is 161 Å². The summed E-state index contributed by atoms with van der Waals surface area (Å²) < 4.78 is 0. The minimum Gasteiger partial charge on any atom is -0.404 e. The highest BCUT2D eigenvalue weighted by molar-refractivity contribution is 7.14. The highest BCUT2D eigenvalue weighted by Gasteiger charge is 2.22. The van der Waals surface area contributed by atoms with Gasteiger partial charge in [0.25, 0.3) is 5.91 Å². The molecule has 5 nitrogen and oxygen atoms in total. The molecular formula is C20H32N4OS. The van der Waals surface area contributed by atoms with Crippen LogP contribution in [0.4, 0.5) is 0 Å². The van der Waals surface area contributed by atoms with Crippen LogP contribution in [0.3, 0.4) is 0 Å². The van der Waals surface area contributed by atoms with E-state index in [1.807, 2.05) is 19.9 Å². The number of carbonyl (C=O) groups excluding carboxylic acids is 1. The summed E-state index contributed by atoms with van der Waals surface area (Å²) in [6.45, 7) is 4.41. The van der Waals surface area contributed by atoms with Gasteiger partial charge < -0.3 is 16.8 Å². The second kappa shape index (κ2) is 9.88. The van der Waals surface area contributed by atoms with Gasteiger partial charge in [-0.15, -0.1) is 11.3 Å². The summed E-state index contributed by atoms with van der Waals surface area (Å²) in [5.41, 5.74) is 14.3. The second-order valence-electron chi connectivity index (χ2n) is 7.15. The molecule has 5 N–H and O–H groups in total. The molecule has 1 aromatic heterocycles. The Kier molecular flexibility index (Phi) is 7.85. The summed E-state index contributed by atoms with van der Waals surface area (Å²) in [7, 11) is 1.74. The maximum atomic E-state index is 12.7. The first-order chi connectivity index (χ1) is 12.5. The van der Waals surface area contributed by atoms with E-state index >= 15 is 0 Å². The third kappa shape index (κ3) is 5.17. The number of nitrogens with two attached hydrogens (primary N) is 2. The van der Waals surface area contributed by atoms with E-state index in [0.29, 0.717) is 17.3 Å². The largest absolute Gasteiger partial charge is 0.404 e. The molecule has 144 valence electrons. The Morgan fingerprint density at radius 1 is 1.42 bits per heavy atom. The molecule has 1 amide bonds. The fraction of sp³-hybridized carbons (Fsp3) is 0.600. The average Bonchev–Trinajstić information content (AvgIpc) is 3.04. The zero-order chi connectivity index (χ0) is 19.1. The zero-order valence-corrected chi connectivity index (χ0v) is 17.0. The number of carbonyl (C=O) groups is 1. The van der Waals surface area contributed by atoms with Gasteiger partial charge >= 0.3 is 0 Å². The maximum Gasteiger partial charge on any atom is 0.261 e. The van der Waals surface area contributed by atoms with Crippen molar-refractivity contribution in [2.45, 2.75) is 58.4 Å². The Morgan fingerprint density at radius 2 is 2.12 bits per heavy atom. The molecule has 26 heavy (non-hydrogen) atoms. The van der Waals surface area contributed by atoms with Gasteiger partial charge in [-0.25, -0.2) is 0 Å². The quantitative estimate of drug-likeness (QED) is 0.637. The summed E-state index contributed by atoms with van der Waals surface area (Å²) in [5.74, 6) is 0.648. The first-order valence-electron chi connectivity index (χ1n) is 9.47. The molecule has 0 spiro atoms. The molecule has 1 fully saturated rings. The van der Waals surface area contributed by atoms with Gasteiger partial charge in [-0.2, -0.15) is 0 Å². The van der Waals surface area contributed by atoms with Crippen molar-refractivity contribution in [1.29, 1.82) is 0 Å². The van der Waals surface area contributed by atoms with Crippen LogP contribution in [-0.4, -0.2) is 31.3 Å². The summed E-state index contributed by atoms with van der Waals surface area (Å²) >= 11 is 1.49. The van der Waals surface area contributed by atoms with E-state index in [9.17, 15) is 4.79 Å². The Bertz CT molecular complexity index is 671. The van der Waals surface area contributed by atoms with Crippen molar-refractivity contribution in [3.63, 3.8) is 0 Å². The predicted octanol–water partition coefficient (Wildman–Crippen LogP) is 3.37. The molecule has 1 unspecified atom stereocenters. The van der Waals surface area contributed by atoms with E-state index < -0.39 is 0 Å². The molecule has 1 heterocycles. The number of hydrogen-bond acceptors (Lipinski definition) is 5. The number of allylic oxidation sites excluding steroid dienone is 1. The smallest absolute Gasteiger partial charge is 0.261 e. The molecule has 1 aromatic rings. The lowest BCUT2D eigenvalue weighted by Crippen LogP contribution is -2.41. The SMILES string of the molecule is CN=C(C(C)=CN)c1cc(C(=O)NC(CN)CC2CCCCC2)sc1C. The van der Waals surface area contributed by atoms with Crippen LogP contribution in [-0.2, 0) is 0 Å². The van der Waals surface area contributed by atoms with Crippen molar-refractivity contribution >= 4 is 23.0 Å². The number of nitrogens with zero attached hydrogens (tertiary/aromatic N) is 1. The van der Waals surface area contributed by atoms with Crippen LogP contribution in [0.15, 0.2) is 22.8 Å². The summed E-state index contributed by atoms with van der Waals surface area (Å²) in [6, 6.07) is 1.96. The molecule has 1 atom stereocenters. The molecule has 6 heteroatoms. The fourth-order valence-electron chi connectivity index (χ4n) is 3.71. The van der Waals surface area contributed by atoms with Crippen molar-refractivity contribution in [2.24, 2.45) is 22.4 Å². The molecule has 2 rings (SSSR count). The number of thiophene rings is 1. The van der Waals surface area contributed by atoms with E-state index in [1.54, 1.807) is 13.2 Å². The van der Waals surface area contributed by atoms with Crippen LogP contribution in [0.2, 0.25) is 0 Å². The van der Waals surface area contributed by atoms with Crippen molar-refractivity contribution < 1.29 is 4.79 Å². The van der Waals surface area contributed by atoms with Crippen LogP contribution >= 0.6 is 11.3 Å². The lowest BCUT2D eigenvalue weighted by molar-refractivity contribution is 0.0934. The van der Waals surface area contributed by atoms with Crippen LogP contribution in [0.25, 0.3) is 0 Å². The Morgan fingerprint density at radius 3 is 2.69 bits per heavy atom. The molecular weight excluding hydrogens is 344 g/mol. The molecule has 1 saturated carbocycles. The highest BCUT2D eigenvalue weighted by Crippen LogP contribution is 2.28. The van der Waals surface area contributed by atoms with Crippen molar-refractivity contribution in [1.82, 2.24) is 5.32 Å². The van der Waals surface area contributed by atoms with E-state index in [2.05, 4.69) is 10.3 Å². The van der Waals surface area contributed by atoms with Gasteiger partial charge in [0, 0.05) is 30.1 Å². The molecule has 0 bridgehead atoms. The van der Waals surface area contributed by atoms with Gasteiger partial charge in [-0.3, -0.25) is 9.79 Å². The van der Waals surface area contributed by atoms with Crippen molar-refractivity contribution in [2.75, 3.05) is 13.6 Å². The van der Waals surface area contributed by atoms with E-state index in [4.69, 9.17) is 11.5 Å². The van der Waals surface area contributed by atoms with E-state index in [1.165, 1.54) is 43.4 Å². The third-order valence-corrected chi connectivity index (χ3v) is 6.26. The minimum atomic E-state index is -0.0413. The topological polar surface area (TPSA) is 93.5 Å². The van der Waals surface area contributed by atoms with Gasteiger partial charge in [0.2, 0.25) is 0 Å². The van der Waals surface area contributed by atoms with E-state index in [-0.39, 0.29) is 11.9 Å². The molecule has 1 aliphatic rings. The lowest BCUT2D eigenvalue weighted by Gasteiger charge is -2.26. The predicted molar refractivity (Wildman–Crippen MR) is 111 cm³/mol. The standard InChI is InChI=1S/C20H32N4OS/c1-13(11-21)19(23-3)17-10-18(26-14(17)2)20(25)24-16(12-22)9-15-7-5-4-6-8-15/h10-11,15-16H,4-9,12,21-22H2,1-3H3,(H,24,25). The van der Waals surface area contributed by atoms with Gasteiger partial charge in [0.05, 0.1) is 10.6 Å². The lowest BCUT2D eigenvalue weighted by atomic mass is 9.85. The highest BCUT2D eigenvalue weighted by atomic mass is 32.1. The number of nitrogens with one attached hydrogen (secondary N) is 1. The average molecular weight is 377 g/mol. The Hall–Kier alpha value is -1.66. The van der Waals surface area contributed by atoms with Crippen LogP contribution in [0.5, 0.6) is 0 Å². The van der Waals surface area contributed by atoms with Gasteiger partial charge in [-0.05, 0) is 44.0 Å². The molecule has 0 radical (unpaired) electrons. The van der Waals surface area contributed by atoms with Gasteiger partial charge in [-0.1, -0.05) is 32.1 Å². The van der Waals surface area contributed by atoms with Crippen LogP contribution < -0.4 is 16.8 Å². The first-order valence-corrected chi connectivity index (χ1v) is 10.3. The summed E-state index contributed by atoms with van der Waals surface area (Å²) in [5, 5.41) is 3.14. The Balaban J connectivity index is 2.07. The number of hydrogen-bond donors (Lipinski definition) is 3. The first kappa shape index (κ1) is 20.6. The third-order valence-electron chi connectivity index (χ3n) is 5.21.